The van der Waals surface area contributed by atoms with Gasteiger partial charge in [0.1, 0.15) is 4.90 Å². The van der Waals surface area contributed by atoms with Crippen molar-refractivity contribution in [2.45, 2.75) is 11.8 Å². The Hall–Kier alpha value is -3.03. The van der Waals surface area contributed by atoms with Gasteiger partial charge in [-0.15, -0.1) is 4.40 Å². The number of fused-ring (bicyclic) bond motifs is 1. The molecule has 2 heterocycles. The van der Waals surface area contributed by atoms with Crippen LogP contribution in [0.5, 0.6) is 0 Å². The van der Waals surface area contributed by atoms with Crippen molar-refractivity contribution < 1.29 is 13.2 Å². The molecule has 0 spiro atoms. The van der Waals surface area contributed by atoms with Crippen molar-refractivity contribution in [3.8, 4) is 11.3 Å². The minimum absolute atomic E-state index is 0.0432. The molecule has 0 bridgehead atoms. The van der Waals surface area contributed by atoms with E-state index < -0.39 is 10.0 Å². The summed E-state index contributed by atoms with van der Waals surface area (Å²) in [5, 5.41) is 3.44. The summed E-state index contributed by atoms with van der Waals surface area (Å²) in [4.78, 5) is 15.7. The normalized spacial score (nSPS) is 14.3. The number of carbonyl (C=O) groups excluding carboxylic acids is 1. The van der Waals surface area contributed by atoms with Gasteiger partial charge in [-0.2, -0.15) is 8.42 Å². The second-order valence-electron chi connectivity index (χ2n) is 6.22. The molecule has 4 rings (SSSR count). The second-order valence-corrected chi connectivity index (χ2v) is 8.20. The number of aromatic nitrogens is 1. The van der Waals surface area contributed by atoms with E-state index in [1.54, 1.807) is 54.7 Å². The maximum absolute atomic E-state index is 12.5. The third-order valence-corrected chi connectivity index (χ3v) is 5.93. The summed E-state index contributed by atoms with van der Waals surface area (Å²) in [6.45, 7) is 1.48. The monoisotopic (exact) mass is 411 g/mol. The van der Waals surface area contributed by atoms with E-state index in [2.05, 4.69) is 14.7 Å². The molecular formula is C20H14ClN3O3S. The number of nitrogens with zero attached hydrogens (tertiary/aromatic N) is 2. The van der Waals surface area contributed by atoms with Crippen LogP contribution in [0.3, 0.4) is 0 Å². The van der Waals surface area contributed by atoms with Gasteiger partial charge in [0.25, 0.3) is 10.0 Å². The fourth-order valence-electron chi connectivity index (χ4n) is 2.91. The number of pyridine rings is 1. The molecule has 28 heavy (non-hydrogen) atoms. The molecule has 1 aromatic heterocycles. The lowest BCUT2D eigenvalue weighted by Crippen LogP contribution is -2.11. The Balaban J connectivity index is 1.70. The van der Waals surface area contributed by atoms with Gasteiger partial charge in [0.2, 0.25) is 0 Å². The molecule has 2 aromatic carbocycles. The number of amidine groups is 1. The van der Waals surface area contributed by atoms with E-state index in [4.69, 9.17) is 11.6 Å². The number of hydrogen-bond acceptors (Lipinski definition) is 5. The highest BCUT2D eigenvalue weighted by molar-refractivity contribution is 7.90. The lowest BCUT2D eigenvalue weighted by Gasteiger charge is -2.08. The summed E-state index contributed by atoms with van der Waals surface area (Å²) in [7, 11) is -3.84. The number of Topliss-reactive ketones (excluding diaryl/α,β-unsaturated/α-hetero) is 1. The van der Waals surface area contributed by atoms with E-state index in [-0.39, 0.29) is 16.5 Å². The van der Waals surface area contributed by atoms with E-state index in [0.29, 0.717) is 33.1 Å². The van der Waals surface area contributed by atoms with Crippen LogP contribution in [-0.4, -0.2) is 25.0 Å². The molecule has 0 saturated heterocycles. The number of benzene rings is 2. The zero-order valence-electron chi connectivity index (χ0n) is 14.7. The van der Waals surface area contributed by atoms with Crippen LogP contribution in [0.1, 0.15) is 22.8 Å². The Morgan fingerprint density at radius 2 is 1.82 bits per heavy atom. The maximum Gasteiger partial charge on any atom is 0.285 e. The van der Waals surface area contributed by atoms with Crippen molar-refractivity contribution in [1.29, 1.82) is 0 Å². The van der Waals surface area contributed by atoms with Crippen LogP contribution in [0.2, 0.25) is 5.02 Å². The molecule has 1 aliphatic rings. The number of sulfonamides is 1. The molecule has 3 aromatic rings. The van der Waals surface area contributed by atoms with Gasteiger partial charge in [0, 0.05) is 28.6 Å². The van der Waals surface area contributed by atoms with Crippen molar-refractivity contribution in [2.24, 2.45) is 4.40 Å². The van der Waals surface area contributed by atoms with Crippen LogP contribution in [0.25, 0.3) is 11.3 Å². The summed E-state index contributed by atoms with van der Waals surface area (Å²) < 4.78 is 28.9. The van der Waals surface area contributed by atoms with Gasteiger partial charge < -0.3 is 5.32 Å². The van der Waals surface area contributed by atoms with Crippen molar-refractivity contribution in [3.05, 3.63) is 76.9 Å². The first-order chi connectivity index (χ1) is 13.3. The smallest absolute Gasteiger partial charge is 0.285 e. The summed E-state index contributed by atoms with van der Waals surface area (Å²) in [5.41, 5.74) is 2.76. The molecule has 0 saturated carbocycles. The zero-order valence-corrected chi connectivity index (χ0v) is 16.3. The van der Waals surface area contributed by atoms with Gasteiger partial charge in [-0.25, -0.2) is 0 Å². The summed E-state index contributed by atoms with van der Waals surface area (Å²) in [5.74, 6) is 0.183. The minimum Gasteiger partial charge on any atom is -0.339 e. The molecule has 0 fully saturated rings. The van der Waals surface area contributed by atoms with Gasteiger partial charge >= 0.3 is 0 Å². The lowest BCUT2D eigenvalue weighted by atomic mass is 10.1. The van der Waals surface area contributed by atoms with Gasteiger partial charge in [-0.3, -0.25) is 9.78 Å². The lowest BCUT2D eigenvalue weighted by molar-refractivity contribution is 0.101. The second kappa shape index (κ2) is 6.85. The SMILES string of the molecule is CC(=O)c1ccc(NC2=NS(=O)(=O)c3cc(-c4ncccc4Cl)ccc32)cc1. The maximum atomic E-state index is 12.5. The highest BCUT2D eigenvalue weighted by Crippen LogP contribution is 2.33. The number of carbonyl (C=O) groups is 1. The number of hydrogen-bond donors (Lipinski definition) is 1. The molecule has 140 valence electrons. The number of anilines is 1. The third kappa shape index (κ3) is 3.30. The molecule has 6 nitrogen and oxygen atoms in total. The van der Waals surface area contributed by atoms with E-state index in [1.807, 2.05) is 0 Å². The van der Waals surface area contributed by atoms with Crippen LogP contribution in [0, 0.1) is 0 Å². The van der Waals surface area contributed by atoms with Gasteiger partial charge in [-0.1, -0.05) is 17.7 Å². The van der Waals surface area contributed by atoms with E-state index in [9.17, 15) is 13.2 Å². The summed E-state index contributed by atoms with van der Waals surface area (Å²) >= 11 is 6.17. The van der Waals surface area contributed by atoms with Gasteiger partial charge in [0.15, 0.2) is 11.6 Å². The van der Waals surface area contributed by atoms with Crippen LogP contribution in [0.4, 0.5) is 5.69 Å². The average molecular weight is 412 g/mol. The molecule has 0 aliphatic carbocycles. The Morgan fingerprint density at radius 1 is 1.07 bits per heavy atom. The quantitative estimate of drug-likeness (QED) is 0.653. The van der Waals surface area contributed by atoms with Crippen molar-refractivity contribution in [1.82, 2.24) is 4.98 Å². The predicted molar refractivity (Wildman–Crippen MR) is 108 cm³/mol. The molecule has 0 amide bonds. The Kier molecular flexibility index (Phi) is 4.49. The standard InChI is InChI=1S/C20H14ClN3O3S/c1-12(25)13-4-7-15(8-5-13)23-20-16-9-6-14(11-18(16)28(26,27)24-20)19-17(21)3-2-10-22-19/h2-11H,1H3,(H,23,24). The third-order valence-electron chi connectivity index (χ3n) is 4.31. The van der Waals surface area contributed by atoms with E-state index >= 15 is 0 Å². The minimum atomic E-state index is -3.84. The molecular weight excluding hydrogens is 398 g/mol. The topological polar surface area (TPSA) is 88.5 Å². The molecule has 0 radical (unpaired) electrons. The average Bonchev–Trinajstić information content (AvgIpc) is 2.92. The first-order valence-corrected chi connectivity index (χ1v) is 10.2. The van der Waals surface area contributed by atoms with E-state index in [1.165, 1.54) is 13.0 Å². The molecule has 1 aliphatic heterocycles. The molecule has 0 unspecified atom stereocenters. The zero-order chi connectivity index (χ0) is 19.9. The van der Waals surface area contributed by atoms with Crippen molar-refractivity contribution in [2.75, 3.05) is 5.32 Å². The Bertz CT molecular complexity index is 1240. The van der Waals surface area contributed by atoms with Crippen LogP contribution < -0.4 is 5.32 Å². The highest BCUT2D eigenvalue weighted by Gasteiger charge is 2.29. The Labute approximate surface area is 167 Å². The highest BCUT2D eigenvalue weighted by atomic mass is 35.5. The van der Waals surface area contributed by atoms with Crippen LogP contribution in [0.15, 0.2) is 70.1 Å². The van der Waals surface area contributed by atoms with Crippen LogP contribution in [-0.2, 0) is 10.0 Å². The van der Waals surface area contributed by atoms with Gasteiger partial charge in [0.05, 0.1) is 10.7 Å². The van der Waals surface area contributed by atoms with Crippen molar-refractivity contribution in [3.63, 3.8) is 0 Å². The molecule has 0 atom stereocenters. The largest absolute Gasteiger partial charge is 0.339 e. The fraction of sp³-hybridized carbons (Fsp3) is 0.0500. The fourth-order valence-corrected chi connectivity index (χ4v) is 4.34. The number of halogens is 1. The van der Waals surface area contributed by atoms with Gasteiger partial charge in [-0.05, 0) is 55.5 Å². The molecule has 8 heteroatoms. The first kappa shape index (κ1) is 18.3. The summed E-state index contributed by atoms with van der Waals surface area (Å²) in [6, 6.07) is 15.1. The first-order valence-electron chi connectivity index (χ1n) is 8.33. The number of nitrogens with one attached hydrogen (secondary N) is 1. The predicted octanol–water partition coefficient (Wildman–Crippen LogP) is 4.17. The number of ketones is 1. The Morgan fingerprint density at radius 3 is 2.50 bits per heavy atom. The summed E-state index contributed by atoms with van der Waals surface area (Å²) in [6.07, 6.45) is 1.59. The van der Waals surface area contributed by atoms with Crippen LogP contribution >= 0.6 is 11.6 Å². The number of rotatable bonds is 3. The van der Waals surface area contributed by atoms with Crippen molar-refractivity contribution >= 4 is 38.9 Å². The van der Waals surface area contributed by atoms with E-state index in [0.717, 1.165) is 0 Å². The molecule has 1 N–H and O–H groups in total.